The molecule has 1 N–H and O–H groups in total. The molecule has 0 radical (unpaired) electrons. The minimum Gasteiger partial charge on any atom is -0.495 e. The Hall–Kier alpha value is -3.33. The van der Waals surface area contributed by atoms with Crippen molar-refractivity contribution in [3.05, 3.63) is 58.4 Å². The number of hydrogen-bond acceptors (Lipinski definition) is 6. The molecule has 2 heterocycles. The van der Waals surface area contributed by atoms with Gasteiger partial charge in [0.1, 0.15) is 5.75 Å². The molecule has 182 valence electrons. The van der Waals surface area contributed by atoms with Crippen molar-refractivity contribution >= 4 is 34.3 Å². The summed E-state index contributed by atoms with van der Waals surface area (Å²) in [5, 5.41) is 13.1. The van der Waals surface area contributed by atoms with Crippen LogP contribution in [0.5, 0.6) is 5.75 Å². The van der Waals surface area contributed by atoms with Crippen molar-refractivity contribution in [1.29, 1.82) is 0 Å². The number of benzene rings is 2. The van der Waals surface area contributed by atoms with Crippen molar-refractivity contribution in [2.75, 3.05) is 12.9 Å². The normalized spacial score (nSPS) is 18.1. The smallest absolute Gasteiger partial charge is 0.267 e. The molecular formula is C26H29N5O3S. The maximum Gasteiger partial charge on any atom is 0.267 e. The summed E-state index contributed by atoms with van der Waals surface area (Å²) in [6.45, 7) is 4.16. The molecule has 0 bridgehead atoms. The number of rotatable bonds is 6. The molecule has 35 heavy (non-hydrogen) atoms. The number of para-hydroxylation sites is 1. The van der Waals surface area contributed by atoms with Crippen molar-refractivity contribution in [1.82, 2.24) is 24.5 Å². The summed E-state index contributed by atoms with van der Waals surface area (Å²) in [4.78, 5) is 26.4. The van der Waals surface area contributed by atoms with E-state index in [2.05, 4.69) is 22.4 Å². The molecule has 9 heteroatoms. The summed E-state index contributed by atoms with van der Waals surface area (Å²) in [7, 11) is 1.58. The van der Waals surface area contributed by atoms with Gasteiger partial charge in [0.15, 0.2) is 5.16 Å². The number of carbonyl (C=O) groups is 1. The van der Waals surface area contributed by atoms with E-state index in [4.69, 9.17) is 4.74 Å². The number of nitrogens with zero attached hydrogens (tertiary/aromatic N) is 4. The van der Waals surface area contributed by atoms with Crippen molar-refractivity contribution in [3.63, 3.8) is 0 Å². The first-order chi connectivity index (χ1) is 17.0. The Labute approximate surface area is 207 Å². The van der Waals surface area contributed by atoms with Crippen molar-refractivity contribution in [2.45, 2.75) is 50.7 Å². The highest BCUT2D eigenvalue weighted by atomic mass is 32.2. The van der Waals surface area contributed by atoms with Gasteiger partial charge < -0.3 is 10.1 Å². The summed E-state index contributed by atoms with van der Waals surface area (Å²) < 4.78 is 8.95. The van der Waals surface area contributed by atoms with E-state index < -0.39 is 0 Å². The Morgan fingerprint density at radius 3 is 2.77 bits per heavy atom. The fourth-order valence-corrected chi connectivity index (χ4v) is 5.62. The van der Waals surface area contributed by atoms with Crippen molar-refractivity contribution < 1.29 is 9.53 Å². The third kappa shape index (κ3) is 4.40. The number of aromatic nitrogens is 4. The minimum absolute atomic E-state index is 0.0107. The van der Waals surface area contributed by atoms with Crippen LogP contribution in [0.2, 0.25) is 0 Å². The molecule has 2 atom stereocenters. The zero-order valence-electron chi connectivity index (χ0n) is 20.2. The van der Waals surface area contributed by atoms with E-state index in [0.717, 1.165) is 24.8 Å². The molecule has 1 aliphatic rings. The van der Waals surface area contributed by atoms with Crippen LogP contribution in [0.25, 0.3) is 22.4 Å². The molecule has 4 aromatic rings. The lowest BCUT2D eigenvalue weighted by Gasteiger charge is -2.29. The summed E-state index contributed by atoms with van der Waals surface area (Å²) >= 11 is 1.32. The lowest BCUT2D eigenvalue weighted by Crippen LogP contribution is -2.41. The summed E-state index contributed by atoms with van der Waals surface area (Å²) in [5.41, 5.74) is 2.08. The van der Waals surface area contributed by atoms with E-state index in [1.807, 2.05) is 47.7 Å². The molecule has 2 aromatic carbocycles. The van der Waals surface area contributed by atoms with Gasteiger partial charge in [0, 0.05) is 6.04 Å². The highest BCUT2D eigenvalue weighted by molar-refractivity contribution is 7.99. The van der Waals surface area contributed by atoms with Crippen LogP contribution in [0.3, 0.4) is 0 Å². The Balaban J connectivity index is 1.56. The number of nitrogens with one attached hydrogen (secondary N) is 1. The topological polar surface area (TPSA) is 90.5 Å². The van der Waals surface area contributed by atoms with Crippen LogP contribution in [0.1, 0.15) is 38.2 Å². The second-order valence-electron chi connectivity index (χ2n) is 9.18. The van der Waals surface area contributed by atoms with E-state index in [0.29, 0.717) is 39.2 Å². The quantitative estimate of drug-likeness (QED) is 0.408. The maximum atomic E-state index is 13.6. The van der Waals surface area contributed by atoms with Gasteiger partial charge in [-0.25, -0.2) is 4.57 Å². The lowest BCUT2D eigenvalue weighted by molar-refractivity contribution is -0.119. The molecule has 2 aromatic heterocycles. The second-order valence-corrected chi connectivity index (χ2v) is 10.1. The standard InChI is InChI=1S/C26H29N5O3S/c1-16-12-13-22(34-3)21(14-16)30-24(33)18-9-5-7-11-20(18)31-25(30)28-29-26(31)35-15-23(32)27-19-10-6-4-8-17(19)2/h5,7,9,11-14,17,19H,4,6,8,10,15H2,1-3H3,(H,27,32). The van der Waals surface area contributed by atoms with E-state index in [-0.39, 0.29) is 23.3 Å². The lowest BCUT2D eigenvalue weighted by atomic mass is 9.86. The average molecular weight is 492 g/mol. The Morgan fingerprint density at radius 2 is 1.97 bits per heavy atom. The zero-order valence-corrected chi connectivity index (χ0v) is 21.0. The molecule has 2 unspecified atom stereocenters. The number of carbonyl (C=O) groups excluding carboxylic acids is 1. The number of aryl methyl sites for hydroxylation is 1. The molecule has 5 rings (SSSR count). The largest absolute Gasteiger partial charge is 0.495 e. The van der Waals surface area contributed by atoms with E-state index in [1.54, 1.807) is 13.2 Å². The molecule has 0 aliphatic heterocycles. The zero-order chi connectivity index (χ0) is 24.5. The first kappa shape index (κ1) is 23.4. The molecule has 0 saturated heterocycles. The van der Waals surface area contributed by atoms with Crippen LogP contribution in [-0.2, 0) is 4.79 Å². The van der Waals surface area contributed by atoms with E-state index >= 15 is 0 Å². The van der Waals surface area contributed by atoms with E-state index in [1.165, 1.54) is 22.7 Å². The SMILES string of the molecule is COc1ccc(C)cc1-n1c(=O)c2ccccc2n2c(SCC(=O)NC3CCCCC3C)nnc12. The third-order valence-electron chi connectivity index (χ3n) is 6.76. The molecular weight excluding hydrogens is 462 g/mol. The third-order valence-corrected chi connectivity index (χ3v) is 7.69. The van der Waals surface area contributed by atoms with Gasteiger partial charge in [-0.3, -0.25) is 14.0 Å². The number of hydrogen-bond donors (Lipinski definition) is 1. The van der Waals surface area contributed by atoms with Crippen LogP contribution in [0.15, 0.2) is 52.4 Å². The number of amides is 1. The predicted molar refractivity (Wildman–Crippen MR) is 138 cm³/mol. The predicted octanol–water partition coefficient (Wildman–Crippen LogP) is 4.14. The second kappa shape index (κ2) is 9.73. The Kier molecular flexibility index (Phi) is 6.51. The van der Waals surface area contributed by atoms with Gasteiger partial charge in [-0.15, -0.1) is 10.2 Å². The van der Waals surface area contributed by atoms with Gasteiger partial charge in [0.25, 0.3) is 5.56 Å². The Morgan fingerprint density at radius 1 is 1.17 bits per heavy atom. The molecule has 0 spiro atoms. The minimum atomic E-state index is -0.204. The molecule has 1 aliphatic carbocycles. The molecule has 1 saturated carbocycles. The van der Waals surface area contributed by atoms with Crippen LogP contribution >= 0.6 is 11.8 Å². The highest BCUT2D eigenvalue weighted by Crippen LogP contribution is 2.28. The Bertz CT molecular complexity index is 1460. The van der Waals surface area contributed by atoms with Crippen LogP contribution < -0.4 is 15.6 Å². The van der Waals surface area contributed by atoms with Crippen LogP contribution in [-0.4, -0.2) is 44.0 Å². The van der Waals surface area contributed by atoms with Crippen molar-refractivity contribution in [3.8, 4) is 11.4 Å². The van der Waals surface area contributed by atoms with Gasteiger partial charge in [-0.05, 0) is 55.5 Å². The van der Waals surface area contributed by atoms with Crippen LogP contribution in [0.4, 0.5) is 0 Å². The van der Waals surface area contributed by atoms with Gasteiger partial charge >= 0.3 is 0 Å². The summed E-state index contributed by atoms with van der Waals surface area (Å²) in [6, 6.07) is 13.3. The fraction of sp³-hybridized carbons (Fsp3) is 0.385. The molecule has 1 fully saturated rings. The van der Waals surface area contributed by atoms with E-state index in [9.17, 15) is 9.59 Å². The van der Waals surface area contributed by atoms with Crippen LogP contribution in [0, 0.1) is 12.8 Å². The maximum absolute atomic E-state index is 13.6. The number of fused-ring (bicyclic) bond motifs is 3. The van der Waals surface area contributed by atoms with Crippen molar-refractivity contribution in [2.24, 2.45) is 5.92 Å². The fourth-order valence-electron chi connectivity index (χ4n) is 4.87. The van der Waals surface area contributed by atoms with Gasteiger partial charge in [0.2, 0.25) is 11.7 Å². The summed E-state index contributed by atoms with van der Waals surface area (Å²) in [5.74, 6) is 1.65. The summed E-state index contributed by atoms with van der Waals surface area (Å²) in [6.07, 6.45) is 4.57. The monoisotopic (exact) mass is 491 g/mol. The van der Waals surface area contributed by atoms with Gasteiger partial charge in [-0.2, -0.15) is 0 Å². The molecule has 8 nitrogen and oxygen atoms in total. The van der Waals surface area contributed by atoms with Gasteiger partial charge in [-0.1, -0.05) is 49.7 Å². The number of methoxy groups -OCH3 is 1. The molecule has 1 amide bonds. The highest BCUT2D eigenvalue weighted by Gasteiger charge is 2.24. The first-order valence-corrected chi connectivity index (χ1v) is 12.9. The number of ether oxygens (including phenoxy) is 1. The van der Waals surface area contributed by atoms with Gasteiger partial charge in [0.05, 0.1) is 29.5 Å². The number of thioether (sulfide) groups is 1. The first-order valence-electron chi connectivity index (χ1n) is 11.9. The average Bonchev–Trinajstić information content (AvgIpc) is 3.28.